The molecule has 0 bridgehead atoms. The first kappa shape index (κ1) is 20.2. The number of carbonyl (C=O) groups excluding carboxylic acids is 1. The normalized spacial score (nSPS) is 11.1. The average Bonchev–Trinajstić information content (AvgIpc) is 2.69. The average molecular weight is 435 g/mol. The smallest absolute Gasteiger partial charge is 0.264 e. The number of amides is 1. The van der Waals surface area contributed by atoms with Crippen molar-refractivity contribution in [1.82, 2.24) is 0 Å². The van der Waals surface area contributed by atoms with Crippen molar-refractivity contribution < 1.29 is 13.2 Å². The Kier molecular flexibility index (Phi) is 5.93. The summed E-state index contributed by atoms with van der Waals surface area (Å²) in [5.41, 5.74) is 1.12. The summed E-state index contributed by atoms with van der Waals surface area (Å²) in [6.45, 7) is 0. The van der Waals surface area contributed by atoms with Gasteiger partial charge in [-0.15, -0.1) is 0 Å². The Morgan fingerprint density at radius 1 is 0.929 bits per heavy atom. The predicted octanol–water partition coefficient (Wildman–Crippen LogP) is 5.07. The fraction of sp³-hybridized carbons (Fsp3) is 0.0500. The molecule has 28 heavy (non-hydrogen) atoms. The zero-order valence-electron chi connectivity index (χ0n) is 14.8. The highest BCUT2D eigenvalue weighted by atomic mass is 35.5. The molecule has 144 valence electrons. The number of hydrogen-bond donors (Lipinski definition) is 1. The lowest BCUT2D eigenvalue weighted by atomic mass is 10.2. The second kappa shape index (κ2) is 8.22. The van der Waals surface area contributed by atoms with Crippen molar-refractivity contribution in [2.45, 2.75) is 4.90 Å². The van der Waals surface area contributed by atoms with E-state index in [9.17, 15) is 13.2 Å². The summed E-state index contributed by atoms with van der Waals surface area (Å²) in [4.78, 5) is 12.6. The Hall–Kier alpha value is -2.54. The maximum Gasteiger partial charge on any atom is 0.264 e. The van der Waals surface area contributed by atoms with Gasteiger partial charge in [0.15, 0.2) is 0 Å². The summed E-state index contributed by atoms with van der Waals surface area (Å²) in [5, 5.41) is 3.57. The third-order valence-electron chi connectivity index (χ3n) is 4.07. The molecule has 1 N–H and O–H groups in total. The second-order valence-corrected chi connectivity index (χ2v) is 8.72. The van der Waals surface area contributed by atoms with Crippen LogP contribution in [0.25, 0.3) is 0 Å². The van der Waals surface area contributed by atoms with E-state index in [1.165, 1.54) is 37.4 Å². The van der Waals surface area contributed by atoms with E-state index in [4.69, 9.17) is 23.2 Å². The third kappa shape index (κ3) is 4.30. The van der Waals surface area contributed by atoms with Crippen molar-refractivity contribution in [2.75, 3.05) is 16.7 Å². The molecule has 0 saturated heterocycles. The van der Waals surface area contributed by atoms with Crippen molar-refractivity contribution in [2.24, 2.45) is 0 Å². The lowest BCUT2D eigenvalue weighted by molar-refractivity contribution is 0.102. The molecule has 0 aliphatic heterocycles. The number of para-hydroxylation sites is 1. The molecule has 0 fully saturated rings. The lowest BCUT2D eigenvalue weighted by Crippen LogP contribution is -2.26. The Balaban J connectivity index is 1.87. The Bertz CT molecular complexity index is 1120. The predicted molar refractivity (Wildman–Crippen MR) is 113 cm³/mol. The van der Waals surface area contributed by atoms with Gasteiger partial charge < -0.3 is 5.32 Å². The molecule has 0 saturated carbocycles. The van der Waals surface area contributed by atoms with Gasteiger partial charge in [0.2, 0.25) is 0 Å². The van der Waals surface area contributed by atoms with Crippen LogP contribution in [0.1, 0.15) is 10.4 Å². The minimum Gasteiger partial charge on any atom is -0.321 e. The minimum atomic E-state index is -3.79. The first-order valence-electron chi connectivity index (χ1n) is 8.19. The topological polar surface area (TPSA) is 66.5 Å². The molecule has 0 aromatic heterocycles. The molecule has 0 unspecified atom stereocenters. The molecule has 3 rings (SSSR count). The number of sulfonamides is 1. The van der Waals surface area contributed by atoms with Crippen LogP contribution in [0, 0.1) is 0 Å². The van der Waals surface area contributed by atoms with Crippen molar-refractivity contribution >= 4 is 50.5 Å². The van der Waals surface area contributed by atoms with Crippen molar-refractivity contribution in [3.05, 3.63) is 88.4 Å². The molecular weight excluding hydrogens is 419 g/mol. The number of rotatable bonds is 5. The first-order valence-corrected chi connectivity index (χ1v) is 10.4. The third-order valence-corrected chi connectivity index (χ3v) is 6.45. The van der Waals surface area contributed by atoms with Crippen LogP contribution in [0.2, 0.25) is 10.0 Å². The lowest BCUT2D eigenvalue weighted by Gasteiger charge is -2.20. The molecule has 8 heteroatoms. The van der Waals surface area contributed by atoms with Gasteiger partial charge >= 0.3 is 0 Å². The highest BCUT2D eigenvalue weighted by Crippen LogP contribution is 2.25. The molecule has 5 nitrogen and oxygen atoms in total. The zero-order valence-corrected chi connectivity index (χ0v) is 17.1. The van der Waals surface area contributed by atoms with Crippen LogP contribution in [-0.2, 0) is 10.0 Å². The SMILES string of the molecule is CN(c1cccc(C(=O)Nc2ccccc2Cl)c1)S(=O)(=O)c1ccc(Cl)cc1. The maximum atomic E-state index is 12.8. The molecule has 0 aliphatic rings. The Morgan fingerprint density at radius 2 is 1.61 bits per heavy atom. The fourth-order valence-electron chi connectivity index (χ4n) is 2.50. The van der Waals surface area contributed by atoms with Crippen LogP contribution in [-0.4, -0.2) is 21.4 Å². The van der Waals surface area contributed by atoms with Gasteiger partial charge in [-0.05, 0) is 54.6 Å². The van der Waals surface area contributed by atoms with Gasteiger partial charge in [0, 0.05) is 17.6 Å². The van der Waals surface area contributed by atoms with Crippen LogP contribution >= 0.6 is 23.2 Å². The highest BCUT2D eigenvalue weighted by Gasteiger charge is 2.22. The summed E-state index contributed by atoms with van der Waals surface area (Å²) in [6.07, 6.45) is 0. The molecule has 0 heterocycles. The van der Waals surface area contributed by atoms with Crippen LogP contribution < -0.4 is 9.62 Å². The minimum absolute atomic E-state index is 0.102. The molecule has 3 aromatic rings. The standard InChI is InChI=1S/C20H16Cl2N2O3S/c1-24(28(26,27)17-11-9-15(21)10-12-17)16-6-4-5-14(13-16)20(25)23-19-8-3-2-7-18(19)22/h2-13H,1H3,(H,23,25). The van der Waals surface area contributed by atoms with E-state index in [0.29, 0.717) is 27.0 Å². The monoisotopic (exact) mass is 434 g/mol. The van der Waals surface area contributed by atoms with Gasteiger partial charge in [-0.2, -0.15) is 0 Å². The highest BCUT2D eigenvalue weighted by molar-refractivity contribution is 7.92. The summed E-state index contributed by atoms with van der Waals surface area (Å²) >= 11 is 11.9. The first-order chi connectivity index (χ1) is 13.3. The van der Waals surface area contributed by atoms with Crippen LogP contribution in [0.3, 0.4) is 0 Å². The molecule has 0 radical (unpaired) electrons. The van der Waals surface area contributed by atoms with Crippen LogP contribution in [0.4, 0.5) is 11.4 Å². The summed E-state index contributed by atoms with van der Waals surface area (Å²) in [7, 11) is -2.37. The summed E-state index contributed by atoms with van der Waals surface area (Å²) in [5.74, 6) is -0.396. The molecule has 3 aromatic carbocycles. The van der Waals surface area contributed by atoms with Gasteiger partial charge in [-0.3, -0.25) is 9.10 Å². The van der Waals surface area contributed by atoms with E-state index in [0.717, 1.165) is 4.31 Å². The number of anilines is 2. The Morgan fingerprint density at radius 3 is 2.29 bits per heavy atom. The molecule has 0 spiro atoms. The number of nitrogens with zero attached hydrogens (tertiary/aromatic N) is 1. The molecule has 0 aliphatic carbocycles. The molecular formula is C20H16Cl2N2O3S. The van der Waals surface area contributed by atoms with Gasteiger partial charge in [-0.1, -0.05) is 41.4 Å². The fourth-order valence-corrected chi connectivity index (χ4v) is 4.00. The Labute approximate surface area is 173 Å². The molecule has 1 amide bonds. The zero-order chi connectivity index (χ0) is 20.3. The van der Waals surface area contributed by atoms with E-state index in [-0.39, 0.29) is 4.90 Å². The van der Waals surface area contributed by atoms with Crippen molar-refractivity contribution in [1.29, 1.82) is 0 Å². The number of nitrogens with one attached hydrogen (secondary N) is 1. The number of hydrogen-bond acceptors (Lipinski definition) is 3. The summed E-state index contributed by atoms with van der Waals surface area (Å²) < 4.78 is 26.8. The van der Waals surface area contributed by atoms with Gasteiger partial charge in [0.1, 0.15) is 0 Å². The van der Waals surface area contributed by atoms with E-state index in [2.05, 4.69) is 5.32 Å². The van der Waals surface area contributed by atoms with Crippen molar-refractivity contribution in [3.63, 3.8) is 0 Å². The van der Waals surface area contributed by atoms with Crippen molar-refractivity contribution in [3.8, 4) is 0 Å². The number of benzene rings is 3. The van der Waals surface area contributed by atoms with Crippen LogP contribution in [0.5, 0.6) is 0 Å². The van der Waals surface area contributed by atoms with Gasteiger partial charge in [-0.25, -0.2) is 8.42 Å². The van der Waals surface area contributed by atoms with Crippen LogP contribution in [0.15, 0.2) is 77.7 Å². The number of carbonyl (C=O) groups is 1. The van der Waals surface area contributed by atoms with Gasteiger partial charge in [0.25, 0.3) is 15.9 Å². The van der Waals surface area contributed by atoms with E-state index < -0.39 is 15.9 Å². The maximum absolute atomic E-state index is 12.8. The summed E-state index contributed by atoms with van der Waals surface area (Å²) in [6, 6.07) is 19.1. The largest absolute Gasteiger partial charge is 0.321 e. The van der Waals surface area contributed by atoms with E-state index in [1.807, 2.05) is 0 Å². The molecule has 0 atom stereocenters. The van der Waals surface area contributed by atoms with E-state index >= 15 is 0 Å². The van der Waals surface area contributed by atoms with Gasteiger partial charge in [0.05, 0.1) is 21.3 Å². The van der Waals surface area contributed by atoms with E-state index in [1.54, 1.807) is 42.5 Å². The quantitative estimate of drug-likeness (QED) is 0.609. The number of halogens is 2. The second-order valence-electron chi connectivity index (χ2n) is 5.91.